The molecule has 0 spiro atoms. The number of hydrogen-bond donors (Lipinski definition) is 0. The van der Waals surface area contributed by atoms with Crippen LogP contribution in [0.3, 0.4) is 0 Å². The summed E-state index contributed by atoms with van der Waals surface area (Å²) in [6, 6.07) is 0. The molecule has 2 atom stereocenters. The second-order valence-electron chi connectivity index (χ2n) is 2.95. The molecule has 0 aromatic rings. The van der Waals surface area contributed by atoms with Crippen LogP contribution in [-0.4, -0.2) is 5.78 Å². The molecular weight excluding hydrogens is 112 g/mol. The molecule has 0 aromatic carbocycles. The molecule has 3 aliphatic carbocycles. The van der Waals surface area contributed by atoms with Crippen LogP contribution in [-0.2, 0) is 4.79 Å². The van der Waals surface area contributed by atoms with Gasteiger partial charge in [-0.1, -0.05) is 12.2 Å². The van der Waals surface area contributed by atoms with E-state index < -0.39 is 0 Å². The average Bonchev–Trinajstić information content (AvgIpc) is 2.17. The van der Waals surface area contributed by atoms with Gasteiger partial charge in [0.15, 0.2) is 0 Å². The lowest BCUT2D eigenvalue weighted by Crippen LogP contribution is -2.34. The molecular formula is C8H10O. The molecule has 0 radical (unpaired) electrons. The minimum absolute atomic E-state index is 0.317. The SMILES string of the molecule is O=C1C2C=CCCC1C2. The van der Waals surface area contributed by atoms with E-state index in [1.54, 1.807) is 0 Å². The Morgan fingerprint density at radius 3 is 3.22 bits per heavy atom. The molecule has 0 aliphatic heterocycles. The van der Waals surface area contributed by atoms with E-state index >= 15 is 0 Å². The van der Waals surface area contributed by atoms with Gasteiger partial charge in [0.2, 0.25) is 0 Å². The lowest BCUT2D eigenvalue weighted by molar-refractivity contribution is -0.133. The summed E-state index contributed by atoms with van der Waals surface area (Å²) in [7, 11) is 0. The van der Waals surface area contributed by atoms with Gasteiger partial charge >= 0.3 is 0 Å². The Hall–Kier alpha value is -0.590. The van der Waals surface area contributed by atoms with E-state index in [2.05, 4.69) is 12.2 Å². The van der Waals surface area contributed by atoms with Crippen molar-refractivity contribution in [1.82, 2.24) is 0 Å². The van der Waals surface area contributed by atoms with E-state index in [0.717, 1.165) is 19.3 Å². The standard InChI is InChI=1S/C8H10O/c9-8-6-3-1-2-4-7(8)5-6/h1,3,6-7H,2,4-5H2. The monoisotopic (exact) mass is 122 g/mol. The molecule has 0 heterocycles. The second kappa shape index (κ2) is 1.69. The summed E-state index contributed by atoms with van der Waals surface area (Å²) in [5.74, 6) is 1.24. The Morgan fingerprint density at radius 1 is 1.56 bits per heavy atom. The largest absolute Gasteiger partial charge is 0.299 e. The van der Waals surface area contributed by atoms with Crippen LogP contribution >= 0.6 is 0 Å². The molecule has 1 fully saturated rings. The molecule has 2 unspecified atom stereocenters. The number of carbonyl (C=O) groups is 1. The first kappa shape index (κ1) is 5.21. The van der Waals surface area contributed by atoms with Gasteiger partial charge in [0, 0.05) is 11.8 Å². The summed E-state index contributed by atoms with van der Waals surface area (Å²) in [6.07, 6.45) is 7.58. The fourth-order valence-electron chi connectivity index (χ4n) is 1.67. The third-order valence-corrected chi connectivity index (χ3v) is 2.36. The lowest BCUT2D eigenvalue weighted by atomic mass is 9.73. The highest BCUT2D eigenvalue weighted by Gasteiger charge is 2.37. The van der Waals surface area contributed by atoms with E-state index in [4.69, 9.17) is 0 Å². The Morgan fingerprint density at radius 2 is 2.44 bits per heavy atom. The Bertz CT molecular complexity index is 167. The van der Waals surface area contributed by atoms with Gasteiger partial charge in [-0.05, 0) is 19.3 Å². The summed E-state index contributed by atoms with van der Waals surface area (Å²) in [4.78, 5) is 11.0. The second-order valence-corrected chi connectivity index (χ2v) is 2.95. The lowest BCUT2D eigenvalue weighted by Gasteiger charge is -2.28. The quantitative estimate of drug-likeness (QED) is 0.445. The van der Waals surface area contributed by atoms with E-state index in [1.165, 1.54) is 0 Å². The number of allylic oxidation sites excluding steroid dienone is 2. The van der Waals surface area contributed by atoms with Crippen LogP contribution in [0.15, 0.2) is 12.2 Å². The number of ketones is 1. The summed E-state index contributed by atoms with van der Waals surface area (Å²) in [5, 5.41) is 0. The zero-order valence-corrected chi connectivity index (χ0v) is 5.34. The molecule has 0 amide bonds. The molecule has 3 aliphatic rings. The minimum atomic E-state index is 0.317. The van der Waals surface area contributed by atoms with E-state index in [-0.39, 0.29) is 0 Å². The van der Waals surface area contributed by atoms with Gasteiger partial charge in [0.05, 0.1) is 0 Å². The van der Waals surface area contributed by atoms with Crippen molar-refractivity contribution in [2.75, 3.05) is 0 Å². The van der Waals surface area contributed by atoms with Crippen LogP contribution in [0, 0.1) is 11.8 Å². The number of hydrogen-bond acceptors (Lipinski definition) is 1. The maximum absolute atomic E-state index is 11.0. The Kier molecular flexibility index (Phi) is 0.981. The fourth-order valence-corrected chi connectivity index (χ4v) is 1.67. The maximum Gasteiger partial charge on any atom is 0.142 e. The summed E-state index contributed by atoms with van der Waals surface area (Å²) >= 11 is 0. The van der Waals surface area contributed by atoms with Crippen molar-refractivity contribution in [3.8, 4) is 0 Å². The van der Waals surface area contributed by atoms with Crippen LogP contribution in [0.5, 0.6) is 0 Å². The molecule has 0 N–H and O–H groups in total. The molecule has 1 nitrogen and oxygen atoms in total. The molecule has 1 heteroatoms. The normalized spacial score (nSPS) is 39.8. The summed E-state index contributed by atoms with van der Waals surface area (Å²) in [6.45, 7) is 0. The maximum atomic E-state index is 11.0. The van der Waals surface area contributed by atoms with Crippen molar-refractivity contribution in [2.45, 2.75) is 19.3 Å². The zero-order valence-electron chi connectivity index (χ0n) is 5.34. The highest BCUT2D eigenvalue weighted by Crippen LogP contribution is 2.36. The Balaban J connectivity index is 2.20. The van der Waals surface area contributed by atoms with Gasteiger partial charge in [-0.25, -0.2) is 0 Å². The van der Waals surface area contributed by atoms with Gasteiger partial charge < -0.3 is 0 Å². The van der Waals surface area contributed by atoms with Crippen LogP contribution < -0.4 is 0 Å². The molecule has 0 aromatic heterocycles. The topological polar surface area (TPSA) is 17.1 Å². The van der Waals surface area contributed by atoms with Crippen molar-refractivity contribution in [2.24, 2.45) is 11.8 Å². The van der Waals surface area contributed by atoms with Crippen molar-refractivity contribution >= 4 is 5.78 Å². The highest BCUT2D eigenvalue weighted by atomic mass is 16.1. The molecule has 2 bridgehead atoms. The number of rotatable bonds is 0. The first-order valence-corrected chi connectivity index (χ1v) is 3.58. The summed E-state index contributed by atoms with van der Waals surface area (Å²) in [5.41, 5.74) is 0. The van der Waals surface area contributed by atoms with Crippen LogP contribution in [0.1, 0.15) is 19.3 Å². The predicted molar refractivity (Wildman–Crippen MR) is 35.0 cm³/mol. The van der Waals surface area contributed by atoms with Crippen molar-refractivity contribution in [3.63, 3.8) is 0 Å². The predicted octanol–water partition coefficient (Wildman–Crippen LogP) is 1.54. The van der Waals surface area contributed by atoms with E-state index in [0.29, 0.717) is 17.6 Å². The van der Waals surface area contributed by atoms with Crippen LogP contribution in [0.25, 0.3) is 0 Å². The molecule has 3 rings (SSSR count). The molecule has 1 saturated carbocycles. The molecule has 48 valence electrons. The van der Waals surface area contributed by atoms with Gasteiger partial charge in [-0.3, -0.25) is 4.79 Å². The molecule has 9 heavy (non-hydrogen) atoms. The minimum Gasteiger partial charge on any atom is -0.299 e. The van der Waals surface area contributed by atoms with Crippen molar-refractivity contribution in [1.29, 1.82) is 0 Å². The Labute approximate surface area is 54.8 Å². The van der Waals surface area contributed by atoms with Crippen LogP contribution in [0.2, 0.25) is 0 Å². The van der Waals surface area contributed by atoms with Gasteiger partial charge in [0.25, 0.3) is 0 Å². The number of fused-ring (bicyclic) bond motifs is 2. The fraction of sp³-hybridized carbons (Fsp3) is 0.625. The number of carbonyl (C=O) groups excluding carboxylic acids is 1. The highest BCUT2D eigenvalue weighted by molar-refractivity contribution is 5.90. The third kappa shape index (κ3) is 0.640. The molecule has 0 saturated heterocycles. The number of Topliss-reactive ketones (excluding diaryl/α,β-unsaturated/α-hetero) is 1. The van der Waals surface area contributed by atoms with Gasteiger partial charge in [-0.15, -0.1) is 0 Å². The first-order valence-electron chi connectivity index (χ1n) is 3.58. The van der Waals surface area contributed by atoms with Crippen LogP contribution in [0.4, 0.5) is 0 Å². The van der Waals surface area contributed by atoms with Crippen molar-refractivity contribution < 1.29 is 4.79 Å². The summed E-state index contributed by atoms with van der Waals surface area (Å²) < 4.78 is 0. The van der Waals surface area contributed by atoms with Gasteiger partial charge in [-0.2, -0.15) is 0 Å². The van der Waals surface area contributed by atoms with Crippen molar-refractivity contribution in [3.05, 3.63) is 12.2 Å². The average molecular weight is 122 g/mol. The van der Waals surface area contributed by atoms with Gasteiger partial charge in [0.1, 0.15) is 5.78 Å². The smallest absolute Gasteiger partial charge is 0.142 e. The third-order valence-electron chi connectivity index (χ3n) is 2.36. The van der Waals surface area contributed by atoms with E-state index in [9.17, 15) is 4.79 Å². The van der Waals surface area contributed by atoms with E-state index in [1.807, 2.05) is 0 Å². The first-order chi connectivity index (χ1) is 4.38. The zero-order chi connectivity index (χ0) is 6.27.